The Morgan fingerprint density at radius 1 is 1.21 bits per heavy atom. The molecule has 0 aliphatic heterocycles. The Morgan fingerprint density at radius 2 is 2.00 bits per heavy atom. The second-order valence-corrected chi connectivity index (χ2v) is 5.26. The molecule has 1 atom stereocenters. The third-order valence-corrected chi connectivity index (χ3v) is 4.13. The highest BCUT2D eigenvalue weighted by molar-refractivity contribution is 7.17. The third-order valence-electron chi connectivity index (χ3n) is 3.14. The third kappa shape index (κ3) is 2.37. The normalized spacial score (nSPS) is 12.7. The first-order valence-corrected chi connectivity index (χ1v) is 7.22. The van der Waals surface area contributed by atoms with E-state index in [-0.39, 0.29) is 6.04 Å². The van der Waals surface area contributed by atoms with Crippen molar-refractivity contribution in [1.29, 1.82) is 0 Å². The maximum Gasteiger partial charge on any atom is 0.115 e. The van der Waals surface area contributed by atoms with Crippen molar-refractivity contribution in [3.05, 3.63) is 59.5 Å². The highest BCUT2D eigenvalue weighted by atomic mass is 32.1. The van der Waals surface area contributed by atoms with E-state index in [1.165, 1.54) is 15.6 Å². The highest BCUT2D eigenvalue weighted by Crippen LogP contribution is 2.32. The molecule has 0 aliphatic carbocycles. The van der Waals surface area contributed by atoms with Crippen molar-refractivity contribution in [3.8, 4) is 0 Å². The fourth-order valence-electron chi connectivity index (χ4n) is 2.29. The zero-order valence-electron chi connectivity index (χ0n) is 10.7. The Labute approximate surface area is 116 Å². The monoisotopic (exact) mass is 269 g/mol. The van der Waals surface area contributed by atoms with E-state index in [1.807, 2.05) is 12.4 Å². The Hall–Kier alpha value is -1.78. The van der Waals surface area contributed by atoms with Gasteiger partial charge in [-0.1, -0.05) is 25.1 Å². The van der Waals surface area contributed by atoms with E-state index in [2.05, 4.69) is 51.9 Å². The number of nitrogens with one attached hydrogen (secondary N) is 1. The average Bonchev–Trinajstić information content (AvgIpc) is 2.89. The van der Waals surface area contributed by atoms with Gasteiger partial charge in [-0.05, 0) is 28.9 Å². The topological polar surface area (TPSA) is 37.8 Å². The molecule has 0 amide bonds. The van der Waals surface area contributed by atoms with E-state index in [4.69, 9.17) is 0 Å². The molecule has 0 aliphatic rings. The molecule has 4 heteroatoms. The van der Waals surface area contributed by atoms with E-state index >= 15 is 0 Å². The number of nitrogens with zero attached hydrogens (tertiary/aromatic N) is 2. The lowest BCUT2D eigenvalue weighted by molar-refractivity contribution is 0.631. The van der Waals surface area contributed by atoms with Gasteiger partial charge in [0.15, 0.2) is 0 Å². The van der Waals surface area contributed by atoms with Crippen molar-refractivity contribution in [2.45, 2.75) is 13.0 Å². The molecule has 19 heavy (non-hydrogen) atoms. The first kappa shape index (κ1) is 12.3. The Morgan fingerprint density at radius 3 is 2.79 bits per heavy atom. The van der Waals surface area contributed by atoms with E-state index < -0.39 is 0 Å². The van der Waals surface area contributed by atoms with E-state index in [9.17, 15) is 0 Å². The minimum absolute atomic E-state index is 0.155. The maximum absolute atomic E-state index is 4.13. The summed E-state index contributed by atoms with van der Waals surface area (Å²) >= 11 is 1.78. The predicted octanol–water partition coefficient (Wildman–Crippen LogP) is 3.39. The Bertz CT molecular complexity index is 663. The molecular weight excluding hydrogens is 254 g/mol. The first-order valence-electron chi connectivity index (χ1n) is 6.34. The highest BCUT2D eigenvalue weighted by Gasteiger charge is 2.17. The number of hydrogen-bond acceptors (Lipinski definition) is 4. The molecule has 1 aromatic carbocycles. The fourth-order valence-corrected chi connectivity index (χ4v) is 3.28. The summed E-state index contributed by atoms with van der Waals surface area (Å²) in [6.45, 7) is 3.02. The van der Waals surface area contributed by atoms with Crippen molar-refractivity contribution >= 4 is 21.4 Å². The van der Waals surface area contributed by atoms with Gasteiger partial charge in [-0.25, -0.2) is 9.97 Å². The van der Waals surface area contributed by atoms with Gasteiger partial charge >= 0.3 is 0 Å². The molecule has 1 unspecified atom stereocenters. The minimum Gasteiger partial charge on any atom is -0.306 e. The summed E-state index contributed by atoms with van der Waals surface area (Å²) in [6, 6.07) is 8.66. The van der Waals surface area contributed by atoms with Gasteiger partial charge in [0.25, 0.3) is 0 Å². The van der Waals surface area contributed by atoms with Crippen LogP contribution >= 0.6 is 11.3 Å². The summed E-state index contributed by atoms with van der Waals surface area (Å²) in [5.41, 5.74) is 2.41. The van der Waals surface area contributed by atoms with Crippen LogP contribution in [0, 0.1) is 0 Å². The molecule has 0 saturated heterocycles. The molecule has 0 spiro atoms. The lowest BCUT2D eigenvalue weighted by Crippen LogP contribution is -2.22. The number of benzene rings is 1. The summed E-state index contributed by atoms with van der Waals surface area (Å²) in [4.78, 5) is 8.26. The minimum atomic E-state index is 0.155. The van der Waals surface area contributed by atoms with E-state index in [0.717, 1.165) is 12.1 Å². The first-order chi connectivity index (χ1) is 9.40. The molecule has 0 bridgehead atoms. The quantitative estimate of drug-likeness (QED) is 0.789. The number of thiophene rings is 1. The smallest absolute Gasteiger partial charge is 0.115 e. The largest absolute Gasteiger partial charge is 0.306 e. The molecule has 96 valence electrons. The maximum atomic E-state index is 4.13. The molecule has 1 N–H and O–H groups in total. The van der Waals surface area contributed by atoms with Crippen LogP contribution in [0.2, 0.25) is 0 Å². The number of aromatic nitrogens is 2. The fraction of sp³-hybridized carbons (Fsp3) is 0.200. The van der Waals surface area contributed by atoms with Crippen LogP contribution in [0.1, 0.15) is 24.1 Å². The van der Waals surface area contributed by atoms with Crippen LogP contribution < -0.4 is 5.32 Å². The Balaban J connectivity index is 2.10. The van der Waals surface area contributed by atoms with Crippen molar-refractivity contribution < 1.29 is 0 Å². The number of rotatable bonds is 4. The Kier molecular flexibility index (Phi) is 3.53. The molecule has 3 nitrogen and oxygen atoms in total. The predicted molar refractivity (Wildman–Crippen MR) is 79.4 cm³/mol. The molecule has 2 heterocycles. The average molecular weight is 269 g/mol. The SMILES string of the molecule is CCNC(c1cncnc1)c1csc2ccccc12. The van der Waals surface area contributed by atoms with Gasteiger partial charge in [0.05, 0.1) is 6.04 Å². The van der Waals surface area contributed by atoms with Crippen LogP contribution in [0.25, 0.3) is 10.1 Å². The lowest BCUT2D eigenvalue weighted by Gasteiger charge is -2.17. The molecule has 2 aromatic heterocycles. The molecule has 0 fully saturated rings. The van der Waals surface area contributed by atoms with Crippen LogP contribution in [-0.2, 0) is 0 Å². The van der Waals surface area contributed by atoms with Gasteiger partial charge in [-0.15, -0.1) is 11.3 Å². The molecule has 0 saturated carbocycles. The second-order valence-electron chi connectivity index (χ2n) is 4.35. The van der Waals surface area contributed by atoms with Crippen molar-refractivity contribution in [2.24, 2.45) is 0 Å². The van der Waals surface area contributed by atoms with Gasteiger partial charge in [-0.3, -0.25) is 0 Å². The summed E-state index contributed by atoms with van der Waals surface area (Å²) < 4.78 is 1.32. The summed E-state index contributed by atoms with van der Waals surface area (Å²) in [5, 5.41) is 7.05. The van der Waals surface area contributed by atoms with Crippen LogP contribution in [0.4, 0.5) is 0 Å². The molecule has 3 rings (SSSR count). The zero-order chi connectivity index (χ0) is 13.1. The lowest BCUT2D eigenvalue weighted by atomic mass is 10.0. The molecule has 3 aromatic rings. The van der Waals surface area contributed by atoms with Crippen LogP contribution in [0.3, 0.4) is 0 Å². The van der Waals surface area contributed by atoms with Crippen molar-refractivity contribution in [2.75, 3.05) is 6.54 Å². The van der Waals surface area contributed by atoms with Gasteiger partial charge in [0.1, 0.15) is 6.33 Å². The summed E-state index contributed by atoms with van der Waals surface area (Å²) in [6.07, 6.45) is 5.33. The van der Waals surface area contributed by atoms with Gasteiger partial charge in [0.2, 0.25) is 0 Å². The zero-order valence-corrected chi connectivity index (χ0v) is 11.5. The second kappa shape index (κ2) is 5.47. The van der Waals surface area contributed by atoms with Gasteiger partial charge in [-0.2, -0.15) is 0 Å². The van der Waals surface area contributed by atoms with E-state index in [1.54, 1.807) is 17.7 Å². The van der Waals surface area contributed by atoms with Gasteiger partial charge < -0.3 is 5.32 Å². The van der Waals surface area contributed by atoms with Crippen molar-refractivity contribution in [3.63, 3.8) is 0 Å². The number of fused-ring (bicyclic) bond motifs is 1. The van der Waals surface area contributed by atoms with Gasteiger partial charge in [0, 0.05) is 22.7 Å². The van der Waals surface area contributed by atoms with Crippen molar-refractivity contribution in [1.82, 2.24) is 15.3 Å². The van der Waals surface area contributed by atoms with Crippen LogP contribution in [0.5, 0.6) is 0 Å². The number of hydrogen-bond donors (Lipinski definition) is 1. The summed E-state index contributed by atoms with van der Waals surface area (Å²) in [7, 11) is 0. The molecular formula is C15H15N3S. The van der Waals surface area contributed by atoms with E-state index in [0.29, 0.717) is 0 Å². The standard InChI is InChI=1S/C15H15N3S/c1-2-18-15(11-7-16-10-17-8-11)13-9-19-14-6-4-3-5-12(13)14/h3-10,15,18H,2H2,1H3. The van der Waals surface area contributed by atoms with Crippen LogP contribution in [-0.4, -0.2) is 16.5 Å². The summed E-state index contributed by atoms with van der Waals surface area (Å²) in [5.74, 6) is 0. The van der Waals surface area contributed by atoms with Crippen LogP contribution in [0.15, 0.2) is 48.4 Å². The molecule has 0 radical (unpaired) electrons.